The largest absolute Gasteiger partial charge is 0.501 e. The number of hydrogen-bond acceptors (Lipinski definition) is 3. The van der Waals surface area contributed by atoms with Crippen LogP contribution >= 0.6 is 0 Å². The van der Waals surface area contributed by atoms with Gasteiger partial charge in [0.2, 0.25) is 0 Å². The van der Waals surface area contributed by atoms with Gasteiger partial charge in [-0.3, -0.25) is 4.98 Å². The van der Waals surface area contributed by atoms with Crippen molar-refractivity contribution in [3.8, 4) is 50.6 Å². The number of pyridine rings is 1. The van der Waals surface area contributed by atoms with Gasteiger partial charge in [0.1, 0.15) is 5.58 Å². The summed E-state index contributed by atoms with van der Waals surface area (Å²) in [6, 6.07) is 63.2. The number of para-hydroxylation sites is 3. The Bertz CT molecular complexity index is 3390. The van der Waals surface area contributed by atoms with Gasteiger partial charge in [-0.25, -0.2) is 0 Å². The first kappa shape index (κ1) is 43.7. The number of aromatic nitrogens is 3. The van der Waals surface area contributed by atoms with Gasteiger partial charge < -0.3 is 14.0 Å². The third kappa shape index (κ3) is 9.69. The Kier molecular flexibility index (Phi) is 12.3. The maximum absolute atomic E-state index is 8.89. The van der Waals surface area contributed by atoms with Gasteiger partial charge >= 0.3 is 0 Å². The maximum atomic E-state index is 8.89. The molecule has 3 aromatic heterocycles. The Morgan fingerprint density at radius 1 is 0.667 bits per heavy atom. The Hall–Kier alpha value is -6.17. The second-order valence-electron chi connectivity index (χ2n) is 19.9. The third-order valence-corrected chi connectivity index (χ3v) is 13.7. The van der Waals surface area contributed by atoms with Crippen LogP contribution < -0.4 is 5.19 Å². The molecule has 66 heavy (non-hydrogen) atoms. The van der Waals surface area contributed by atoms with E-state index in [0.717, 1.165) is 88.7 Å². The fraction of sp³-hybridized carbons (Fsp3) is 0.200. The van der Waals surface area contributed by atoms with E-state index in [1.54, 1.807) is 0 Å². The van der Waals surface area contributed by atoms with E-state index in [1.807, 2.05) is 75.5 Å². The molecule has 0 aliphatic rings. The normalized spacial score (nSPS) is 12.6. The quantitative estimate of drug-likeness (QED) is 0.118. The van der Waals surface area contributed by atoms with Crippen LogP contribution in [0.3, 0.4) is 0 Å². The summed E-state index contributed by atoms with van der Waals surface area (Å²) in [6.45, 7) is 19.2. The molecule has 10 rings (SSSR count). The maximum Gasteiger partial charge on any atom is 0.120 e. The number of benzene rings is 7. The average molecular weight is 1060 g/mol. The molecule has 3 heterocycles. The molecule has 0 saturated heterocycles. The SMILES string of the molecule is [2H]C([2H])(c1cc(-c2[c-]ccc(C(C)(C)C)c2)ncc1[Si](C)(C)C)C(C)(C)C.[Ir].[c-]1ccc2c(oc3ccccc32)c1-c1nc2ccccc2n1-c1cc(-c2ccccc2)ccc1-c1ccccc1. The monoisotopic (exact) mass is 1060 g/mol. The molecule has 0 aliphatic heterocycles. The molecule has 333 valence electrons. The van der Waals surface area contributed by atoms with Crippen molar-refractivity contribution in [1.82, 2.24) is 14.5 Å². The molecule has 0 amide bonds. The average Bonchev–Trinajstić information content (AvgIpc) is 3.90. The summed E-state index contributed by atoms with van der Waals surface area (Å²) >= 11 is 0. The first-order chi connectivity index (χ1) is 31.9. The predicted molar refractivity (Wildman–Crippen MR) is 277 cm³/mol. The fourth-order valence-corrected chi connectivity index (χ4v) is 9.87. The van der Waals surface area contributed by atoms with Gasteiger partial charge in [-0.15, -0.1) is 53.6 Å². The van der Waals surface area contributed by atoms with E-state index in [0.29, 0.717) is 0 Å². The van der Waals surface area contributed by atoms with Crippen LogP contribution in [0.25, 0.3) is 83.6 Å². The summed E-state index contributed by atoms with van der Waals surface area (Å²) in [4.78, 5) is 9.92. The van der Waals surface area contributed by atoms with E-state index in [9.17, 15) is 0 Å². The second-order valence-corrected chi connectivity index (χ2v) is 24.9. The molecule has 1 radical (unpaired) electrons. The van der Waals surface area contributed by atoms with Crippen molar-refractivity contribution in [3.05, 3.63) is 193 Å². The summed E-state index contributed by atoms with van der Waals surface area (Å²) < 4.78 is 26.5. The molecule has 0 N–H and O–H groups in total. The topological polar surface area (TPSA) is 43.9 Å². The standard InChI is InChI=1S/C37H23N2O.C23H34NSi.Ir/c1-3-12-25(13-4-1)27-22-23-28(26-14-5-2-6-15-26)34(24-27)39-33-20-9-8-19-32(33)38-37(39)31-18-11-17-30-29-16-7-10-21-35(29)40-36(30)31;1-22(2,3)15-18-14-20(24-16-21(18)25(7,8)9)17-11-10-12-19(13-17)23(4,5)6;/h1-17,19-24H;10,12-14,16H,15H2,1-9H3;/q2*-1;/i;15D2;. The summed E-state index contributed by atoms with van der Waals surface area (Å²) in [7, 11) is -1.74. The number of furan rings is 1. The molecule has 6 heteroatoms. The van der Waals surface area contributed by atoms with E-state index < -0.39 is 19.9 Å². The van der Waals surface area contributed by atoms with Crippen LogP contribution in [0.5, 0.6) is 0 Å². The molecule has 4 nitrogen and oxygen atoms in total. The predicted octanol–water partition coefficient (Wildman–Crippen LogP) is 15.7. The van der Waals surface area contributed by atoms with Crippen LogP contribution in [0.4, 0.5) is 0 Å². The Morgan fingerprint density at radius 2 is 1.33 bits per heavy atom. The van der Waals surface area contributed by atoms with E-state index in [1.165, 1.54) is 11.1 Å². The molecular formula is C60H57IrN3OSi-2. The van der Waals surface area contributed by atoms with Crippen molar-refractivity contribution < 1.29 is 27.3 Å². The Morgan fingerprint density at radius 3 is 2.05 bits per heavy atom. The molecule has 10 aromatic rings. The van der Waals surface area contributed by atoms with E-state index in [4.69, 9.17) is 17.1 Å². The first-order valence-electron chi connectivity index (χ1n) is 23.5. The number of imidazole rings is 1. The molecular weight excluding hydrogens is 999 g/mol. The van der Waals surface area contributed by atoms with E-state index in [-0.39, 0.29) is 25.5 Å². The number of fused-ring (bicyclic) bond motifs is 4. The molecule has 0 spiro atoms. The van der Waals surface area contributed by atoms with Gasteiger partial charge in [-0.05, 0) is 69.0 Å². The summed E-state index contributed by atoms with van der Waals surface area (Å²) in [5.74, 6) is 0.799. The zero-order valence-electron chi connectivity index (χ0n) is 41.2. The minimum atomic E-state index is -1.74. The van der Waals surface area contributed by atoms with Gasteiger partial charge in [-0.1, -0.05) is 187 Å². The van der Waals surface area contributed by atoms with Crippen molar-refractivity contribution in [3.63, 3.8) is 0 Å². The van der Waals surface area contributed by atoms with Gasteiger partial charge in [-0.2, -0.15) is 0 Å². The molecule has 7 aromatic carbocycles. The second kappa shape index (κ2) is 18.6. The van der Waals surface area contributed by atoms with Gasteiger partial charge in [0.15, 0.2) is 0 Å². The molecule has 0 bridgehead atoms. The van der Waals surface area contributed by atoms with Crippen LogP contribution in [0.15, 0.2) is 174 Å². The van der Waals surface area contributed by atoms with Crippen LogP contribution in [-0.4, -0.2) is 22.6 Å². The van der Waals surface area contributed by atoms with Crippen LogP contribution in [0, 0.1) is 17.5 Å². The molecule has 0 aliphatic carbocycles. The summed E-state index contributed by atoms with van der Waals surface area (Å²) in [6.07, 6.45) is 0.472. The Labute approximate surface area is 408 Å². The molecule has 0 unspecified atom stereocenters. The first-order valence-corrected chi connectivity index (χ1v) is 26.0. The zero-order chi connectivity index (χ0) is 47.3. The van der Waals surface area contributed by atoms with Gasteiger partial charge in [0, 0.05) is 45.7 Å². The Balaban J connectivity index is 0.000000197. The van der Waals surface area contributed by atoms with Gasteiger partial charge in [0.05, 0.1) is 30.5 Å². The van der Waals surface area contributed by atoms with Crippen molar-refractivity contribution in [2.45, 2.75) is 73.0 Å². The fourth-order valence-electron chi connectivity index (χ4n) is 8.47. The summed E-state index contributed by atoms with van der Waals surface area (Å²) in [5.41, 5.74) is 13.4. The van der Waals surface area contributed by atoms with Crippen LogP contribution in [0.2, 0.25) is 19.6 Å². The molecule has 0 saturated carbocycles. The van der Waals surface area contributed by atoms with Gasteiger partial charge in [0.25, 0.3) is 0 Å². The molecule has 0 atom stereocenters. The zero-order valence-corrected chi connectivity index (χ0v) is 42.6. The van der Waals surface area contributed by atoms with Crippen molar-refractivity contribution in [2.75, 3.05) is 0 Å². The minimum Gasteiger partial charge on any atom is -0.501 e. The van der Waals surface area contributed by atoms with Crippen molar-refractivity contribution in [1.29, 1.82) is 0 Å². The van der Waals surface area contributed by atoms with Crippen molar-refractivity contribution >= 4 is 46.2 Å². The number of hydrogen-bond donors (Lipinski definition) is 0. The van der Waals surface area contributed by atoms with Crippen LogP contribution in [-0.2, 0) is 31.9 Å². The number of nitrogens with zero attached hydrogens (tertiary/aromatic N) is 3. The van der Waals surface area contributed by atoms with Crippen LogP contribution in [0.1, 0.15) is 55.4 Å². The molecule has 0 fully saturated rings. The number of rotatable bonds is 7. The minimum absolute atomic E-state index is 0. The van der Waals surface area contributed by atoms with E-state index >= 15 is 0 Å². The smallest absolute Gasteiger partial charge is 0.120 e. The summed E-state index contributed by atoms with van der Waals surface area (Å²) in [5, 5.41) is 3.24. The van der Waals surface area contributed by atoms with Crippen molar-refractivity contribution in [2.24, 2.45) is 5.41 Å². The van der Waals surface area contributed by atoms with E-state index in [2.05, 4.69) is 172 Å². The third-order valence-electron chi connectivity index (χ3n) is 11.7.